The molecule has 0 saturated carbocycles. The Morgan fingerprint density at radius 2 is 1.70 bits per heavy atom. The molecular weight excluding hydrogens is 361 g/mol. The van der Waals surface area contributed by atoms with E-state index in [4.69, 9.17) is 4.42 Å². The van der Waals surface area contributed by atoms with E-state index in [1.165, 1.54) is 30.5 Å². The van der Waals surface area contributed by atoms with Gasteiger partial charge in [0.15, 0.2) is 5.76 Å². The molecule has 2 aromatic rings. The van der Waals surface area contributed by atoms with Gasteiger partial charge in [0.25, 0.3) is 5.91 Å². The van der Waals surface area contributed by atoms with Gasteiger partial charge in [-0.15, -0.1) is 0 Å². The van der Waals surface area contributed by atoms with Crippen molar-refractivity contribution >= 4 is 17.9 Å². The molecule has 2 amide bonds. The normalized spacial score (nSPS) is 15.4. The van der Waals surface area contributed by atoms with Crippen LogP contribution in [0.25, 0.3) is 6.08 Å². The zero-order valence-corrected chi connectivity index (χ0v) is 14.3. The Balaban J connectivity index is 1.57. The highest BCUT2D eigenvalue weighted by Crippen LogP contribution is 2.29. The molecule has 1 saturated heterocycles. The summed E-state index contributed by atoms with van der Waals surface area (Å²) < 4.78 is 43.3. The number of benzene rings is 1. The molecule has 1 aliphatic heterocycles. The molecule has 1 fully saturated rings. The molecule has 0 spiro atoms. The van der Waals surface area contributed by atoms with Gasteiger partial charge in [0.1, 0.15) is 0 Å². The van der Waals surface area contributed by atoms with Crippen LogP contribution >= 0.6 is 0 Å². The lowest BCUT2D eigenvalue weighted by Gasteiger charge is -2.33. The van der Waals surface area contributed by atoms with Crippen molar-refractivity contribution < 1.29 is 27.2 Å². The first-order valence-electron chi connectivity index (χ1n) is 8.31. The standard InChI is InChI=1S/C19H17F3N2O3/c20-19(21,22)15-4-1-3-14(13-15)6-7-17(25)23-8-10-24(11-9-23)18(26)16-5-2-12-27-16/h1-7,12-13H,8-11H2/b7-6+. The minimum absolute atomic E-state index is 0.230. The number of hydrogen-bond acceptors (Lipinski definition) is 3. The lowest BCUT2D eigenvalue weighted by Crippen LogP contribution is -2.50. The molecule has 0 unspecified atom stereocenters. The van der Waals surface area contributed by atoms with Crippen molar-refractivity contribution in [1.82, 2.24) is 9.80 Å². The molecule has 1 aliphatic rings. The topological polar surface area (TPSA) is 53.8 Å². The lowest BCUT2D eigenvalue weighted by atomic mass is 10.1. The second-order valence-electron chi connectivity index (χ2n) is 6.05. The highest BCUT2D eigenvalue weighted by Gasteiger charge is 2.30. The molecule has 8 heteroatoms. The highest BCUT2D eigenvalue weighted by atomic mass is 19.4. The smallest absolute Gasteiger partial charge is 0.416 e. The van der Waals surface area contributed by atoms with E-state index < -0.39 is 11.7 Å². The molecule has 142 valence electrons. The number of alkyl halides is 3. The molecule has 0 aliphatic carbocycles. The summed E-state index contributed by atoms with van der Waals surface area (Å²) in [5.74, 6) is -0.289. The summed E-state index contributed by atoms with van der Waals surface area (Å²) in [5.41, 5.74) is -0.466. The Morgan fingerprint density at radius 1 is 1.00 bits per heavy atom. The highest BCUT2D eigenvalue weighted by molar-refractivity contribution is 5.93. The molecule has 0 radical (unpaired) electrons. The molecule has 1 aromatic heterocycles. The molecule has 5 nitrogen and oxygen atoms in total. The Bertz CT molecular complexity index is 836. The lowest BCUT2D eigenvalue weighted by molar-refractivity contribution is -0.137. The van der Waals surface area contributed by atoms with Gasteiger partial charge < -0.3 is 14.2 Å². The third-order valence-electron chi connectivity index (χ3n) is 4.24. The van der Waals surface area contributed by atoms with Gasteiger partial charge >= 0.3 is 6.18 Å². The van der Waals surface area contributed by atoms with Crippen molar-refractivity contribution in [1.29, 1.82) is 0 Å². The summed E-state index contributed by atoms with van der Waals surface area (Å²) in [4.78, 5) is 27.6. The van der Waals surface area contributed by atoms with Gasteiger partial charge in [-0.3, -0.25) is 9.59 Å². The maximum Gasteiger partial charge on any atom is 0.416 e. The van der Waals surface area contributed by atoms with Crippen molar-refractivity contribution in [3.63, 3.8) is 0 Å². The fourth-order valence-corrected chi connectivity index (χ4v) is 2.78. The summed E-state index contributed by atoms with van der Waals surface area (Å²) in [5, 5.41) is 0. The fraction of sp³-hybridized carbons (Fsp3) is 0.263. The molecular formula is C19H17F3N2O3. The van der Waals surface area contributed by atoms with Crippen molar-refractivity contribution in [2.75, 3.05) is 26.2 Å². The van der Waals surface area contributed by atoms with Gasteiger partial charge in [0.05, 0.1) is 11.8 Å². The Kier molecular flexibility index (Phi) is 5.34. The van der Waals surface area contributed by atoms with Crippen LogP contribution in [-0.4, -0.2) is 47.8 Å². The van der Waals surface area contributed by atoms with E-state index in [1.807, 2.05) is 0 Å². The molecule has 1 aromatic carbocycles. The number of halogens is 3. The third-order valence-corrected chi connectivity index (χ3v) is 4.24. The maximum absolute atomic E-state index is 12.7. The summed E-state index contributed by atoms with van der Waals surface area (Å²) in [6, 6.07) is 7.98. The number of rotatable bonds is 3. The zero-order chi connectivity index (χ0) is 19.4. The first-order chi connectivity index (χ1) is 12.8. The van der Waals surface area contributed by atoms with Crippen molar-refractivity contribution in [3.05, 3.63) is 65.6 Å². The molecule has 27 heavy (non-hydrogen) atoms. The van der Waals surface area contributed by atoms with Crippen molar-refractivity contribution in [2.45, 2.75) is 6.18 Å². The fourth-order valence-electron chi connectivity index (χ4n) is 2.78. The van der Waals surface area contributed by atoms with Gasteiger partial charge in [-0.2, -0.15) is 13.2 Å². The third kappa shape index (κ3) is 4.58. The number of amides is 2. The van der Waals surface area contributed by atoms with E-state index in [9.17, 15) is 22.8 Å². The van der Waals surface area contributed by atoms with Gasteiger partial charge in [0.2, 0.25) is 5.91 Å². The van der Waals surface area contributed by atoms with Gasteiger partial charge in [-0.25, -0.2) is 0 Å². The summed E-state index contributed by atoms with van der Waals surface area (Å²) in [7, 11) is 0. The summed E-state index contributed by atoms with van der Waals surface area (Å²) in [6.45, 7) is 1.42. The quantitative estimate of drug-likeness (QED) is 0.770. The number of piperazine rings is 1. The molecule has 0 atom stereocenters. The van der Waals surface area contributed by atoms with Crippen LogP contribution in [0.3, 0.4) is 0 Å². The zero-order valence-electron chi connectivity index (χ0n) is 14.3. The first kappa shape index (κ1) is 18.8. The predicted octanol–water partition coefficient (Wildman–Crippen LogP) is 3.30. The number of carbonyl (C=O) groups is 2. The van der Waals surface area contributed by atoms with Crippen LogP contribution in [-0.2, 0) is 11.0 Å². The summed E-state index contributed by atoms with van der Waals surface area (Å²) >= 11 is 0. The van der Waals surface area contributed by atoms with E-state index >= 15 is 0 Å². The SMILES string of the molecule is O=C(/C=C/c1cccc(C(F)(F)F)c1)N1CCN(C(=O)c2ccco2)CC1. The molecule has 0 bridgehead atoms. The summed E-state index contributed by atoms with van der Waals surface area (Å²) in [6.07, 6.45) is -0.395. The average Bonchev–Trinajstić information content (AvgIpc) is 3.20. The minimum Gasteiger partial charge on any atom is -0.459 e. The van der Waals surface area contributed by atoms with E-state index in [0.29, 0.717) is 31.7 Å². The van der Waals surface area contributed by atoms with E-state index in [1.54, 1.807) is 21.9 Å². The van der Waals surface area contributed by atoms with Crippen LogP contribution in [0.4, 0.5) is 13.2 Å². The monoisotopic (exact) mass is 378 g/mol. The van der Waals surface area contributed by atoms with Crippen LogP contribution in [0.1, 0.15) is 21.7 Å². The maximum atomic E-state index is 12.7. The van der Waals surface area contributed by atoms with Crippen LogP contribution in [0.15, 0.2) is 53.2 Å². The van der Waals surface area contributed by atoms with Crippen LogP contribution in [0.2, 0.25) is 0 Å². The van der Waals surface area contributed by atoms with Crippen LogP contribution < -0.4 is 0 Å². The molecule has 2 heterocycles. The Morgan fingerprint density at radius 3 is 2.33 bits per heavy atom. The number of furan rings is 1. The molecule has 3 rings (SSSR count). The average molecular weight is 378 g/mol. The number of hydrogen-bond donors (Lipinski definition) is 0. The van der Waals surface area contributed by atoms with Gasteiger partial charge in [0, 0.05) is 32.3 Å². The first-order valence-corrected chi connectivity index (χ1v) is 8.31. The van der Waals surface area contributed by atoms with E-state index in [0.717, 1.165) is 12.1 Å². The van der Waals surface area contributed by atoms with Gasteiger partial charge in [-0.05, 0) is 35.9 Å². The Labute approximate surface area is 153 Å². The predicted molar refractivity (Wildman–Crippen MR) is 91.7 cm³/mol. The molecule has 0 N–H and O–H groups in total. The van der Waals surface area contributed by atoms with E-state index in [-0.39, 0.29) is 17.6 Å². The van der Waals surface area contributed by atoms with Gasteiger partial charge in [-0.1, -0.05) is 12.1 Å². The minimum atomic E-state index is -4.43. The largest absolute Gasteiger partial charge is 0.459 e. The van der Waals surface area contributed by atoms with Crippen LogP contribution in [0.5, 0.6) is 0 Å². The van der Waals surface area contributed by atoms with Crippen LogP contribution in [0, 0.1) is 0 Å². The van der Waals surface area contributed by atoms with E-state index in [2.05, 4.69) is 0 Å². The second kappa shape index (κ2) is 7.69. The Hall–Kier alpha value is -3.03. The number of carbonyl (C=O) groups excluding carboxylic acids is 2. The van der Waals surface area contributed by atoms with Crippen molar-refractivity contribution in [2.24, 2.45) is 0 Å². The number of nitrogens with zero attached hydrogens (tertiary/aromatic N) is 2. The van der Waals surface area contributed by atoms with Crippen molar-refractivity contribution in [3.8, 4) is 0 Å². The second-order valence-corrected chi connectivity index (χ2v) is 6.05.